The lowest BCUT2D eigenvalue weighted by Gasteiger charge is -2.15. The number of nitrogens with one attached hydrogen (secondary N) is 1. The molecule has 0 aliphatic carbocycles. The molecule has 2 aliphatic rings. The fourth-order valence-corrected chi connectivity index (χ4v) is 1.28. The number of hydrazone groups is 1. The van der Waals surface area contributed by atoms with E-state index in [0.717, 1.165) is 5.71 Å². The van der Waals surface area contributed by atoms with Crippen molar-refractivity contribution in [2.75, 3.05) is 7.05 Å². The zero-order chi connectivity index (χ0) is 7.84. The van der Waals surface area contributed by atoms with Gasteiger partial charge in [-0.15, -0.1) is 0 Å². The molecular weight excluding hydrogens is 138 g/mol. The van der Waals surface area contributed by atoms with E-state index >= 15 is 0 Å². The standard InChI is InChI=1S/C8H11N3/c1-6-7-5-11(2)4-3-8(7)10-9-6/h3-6,9H,1-2H3. The summed E-state index contributed by atoms with van der Waals surface area (Å²) in [7, 11) is 2.02. The van der Waals surface area contributed by atoms with Crippen LogP contribution in [0.1, 0.15) is 6.92 Å². The van der Waals surface area contributed by atoms with Gasteiger partial charge in [0.1, 0.15) is 0 Å². The lowest BCUT2D eigenvalue weighted by atomic mass is 10.1. The van der Waals surface area contributed by atoms with E-state index in [4.69, 9.17) is 0 Å². The van der Waals surface area contributed by atoms with Crippen molar-refractivity contribution < 1.29 is 0 Å². The number of nitrogens with zero attached hydrogens (tertiary/aromatic N) is 2. The monoisotopic (exact) mass is 149 g/mol. The van der Waals surface area contributed by atoms with Crippen LogP contribution in [-0.2, 0) is 0 Å². The molecule has 2 rings (SSSR count). The molecular formula is C8H11N3. The first kappa shape index (κ1) is 6.46. The summed E-state index contributed by atoms with van der Waals surface area (Å²) in [5.41, 5.74) is 5.36. The fourth-order valence-electron chi connectivity index (χ4n) is 1.28. The van der Waals surface area contributed by atoms with Gasteiger partial charge in [-0.25, -0.2) is 0 Å². The smallest absolute Gasteiger partial charge is 0.0911 e. The minimum absolute atomic E-state index is 0.359. The molecule has 58 valence electrons. The third-order valence-corrected chi connectivity index (χ3v) is 1.95. The van der Waals surface area contributed by atoms with Crippen LogP contribution in [-0.4, -0.2) is 23.7 Å². The van der Waals surface area contributed by atoms with Gasteiger partial charge >= 0.3 is 0 Å². The van der Waals surface area contributed by atoms with Gasteiger partial charge in [0.05, 0.1) is 11.8 Å². The Kier molecular flexibility index (Phi) is 1.24. The molecule has 0 radical (unpaired) electrons. The number of allylic oxidation sites excluding steroid dienone is 1. The lowest BCUT2D eigenvalue weighted by Crippen LogP contribution is -2.21. The molecule has 0 bridgehead atoms. The molecule has 11 heavy (non-hydrogen) atoms. The van der Waals surface area contributed by atoms with E-state index < -0.39 is 0 Å². The quantitative estimate of drug-likeness (QED) is 0.548. The lowest BCUT2D eigenvalue weighted by molar-refractivity contribution is 0.604. The van der Waals surface area contributed by atoms with Gasteiger partial charge in [0.15, 0.2) is 0 Å². The Labute approximate surface area is 66.1 Å². The maximum absolute atomic E-state index is 4.16. The highest BCUT2D eigenvalue weighted by Gasteiger charge is 2.21. The van der Waals surface area contributed by atoms with Crippen LogP contribution in [0.15, 0.2) is 29.2 Å². The summed E-state index contributed by atoms with van der Waals surface area (Å²) in [6.45, 7) is 2.11. The van der Waals surface area contributed by atoms with Crippen LogP contribution in [0.25, 0.3) is 0 Å². The largest absolute Gasteiger partial charge is 0.357 e. The van der Waals surface area contributed by atoms with Gasteiger partial charge in [0, 0.05) is 25.0 Å². The summed E-state index contributed by atoms with van der Waals surface area (Å²) in [6.07, 6.45) is 6.12. The second-order valence-electron chi connectivity index (χ2n) is 2.91. The van der Waals surface area contributed by atoms with E-state index in [-0.39, 0.29) is 0 Å². The van der Waals surface area contributed by atoms with E-state index in [0.29, 0.717) is 6.04 Å². The second kappa shape index (κ2) is 2.12. The first-order valence-electron chi connectivity index (χ1n) is 3.73. The average molecular weight is 149 g/mol. The van der Waals surface area contributed by atoms with Crippen LogP contribution in [0.5, 0.6) is 0 Å². The maximum Gasteiger partial charge on any atom is 0.0911 e. The molecule has 1 unspecified atom stereocenters. The first-order valence-corrected chi connectivity index (χ1v) is 3.73. The van der Waals surface area contributed by atoms with Crippen molar-refractivity contribution in [3.8, 4) is 0 Å². The van der Waals surface area contributed by atoms with Gasteiger partial charge in [-0.3, -0.25) is 0 Å². The molecule has 0 fully saturated rings. The molecule has 0 saturated carbocycles. The van der Waals surface area contributed by atoms with Crippen molar-refractivity contribution in [3.63, 3.8) is 0 Å². The van der Waals surface area contributed by atoms with Crippen LogP contribution < -0.4 is 5.43 Å². The van der Waals surface area contributed by atoms with Crippen LogP contribution >= 0.6 is 0 Å². The van der Waals surface area contributed by atoms with Crippen LogP contribution in [0.3, 0.4) is 0 Å². The van der Waals surface area contributed by atoms with Gasteiger partial charge in [-0.2, -0.15) is 5.10 Å². The van der Waals surface area contributed by atoms with E-state index in [2.05, 4.69) is 23.7 Å². The van der Waals surface area contributed by atoms with Gasteiger partial charge in [-0.1, -0.05) is 0 Å². The molecule has 3 nitrogen and oxygen atoms in total. The highest BCUT2D eigenvalue weighted by molar-refractivity contribution is 6.10. The molecule has 0 aromatic heterocycles. The number of hydrogen-bond donors (Lipinski definition) is 1. The molecule has 1 N–H and O–H groups in total. The molecule has 0 spiro atoms. The summed E-state index contributed by atoms with van der Waals surface area (Å²) < 4.78 is 0. The first-order chi connectivity index (χ1) is 5.27. The molecule has 0 aromatic rings. The van der Waals surface area contributed by atoms with Crippen molar-refractivity contribution in [1.29, 1.82) is 0 Å². The predicted octanol–water partition coefficient (Wildman–Crippen LogP) is 0.677. The third kappa shape index (κ3) is 0.926. The summed E-state index contributed by atoms with van der Waals surface area (Å²) in [5, 5.41) is 4.16. The zero-order valence-corrected chi connectivity index (χ0v) is 6.70. The Balaban J connectivity index is 2.35. The van der Waals surface area contributed by atoms with Crippen LogP contribution in [0, 0.1) is 0 Å². The van der Waals surface area contributed by atoms with Crippen LogP contribution in [0.4, 0.5) is 0 Å². The van der Waals surface area contributed by atoms with Crippen LogP contribution in [0.2, 0.25) is 0 Å². The zero-order valence-electron chi connectivity index (χ0n) is 6.70. The van der Waals surface area contributed by atoms with Crippen molar-refractivity contribution in [1.82, 2.24) is 10.3 Å². The van der Waals surface area contributed by atoms with Gasteiger partial charge in [0.25, 0.3) is 0 Å². The van der Waals surface area contributed by atoms with Gasteiger partial charge < -0.3 is 10.3 Å². The van der Waals surface area contributed by atoms with Crippen molar-refractivity contribution >= 4 is 5.71 Å². The average Bonchev–Trinajstić information content (AvgIpc) is 2.33. The SMILES string of the molecule is CC1NN=C2C=CN(C)C=C21. The van der Waals surface area contributed by atoms with E-state index in [1.54, 1.807) is 0 Å². The predicted molar refractivity (Wildman–Crippen MR) is 45.0 cm³/mol. The normalized spacial score (nSPS) is 27.5. The summed E-state index contributed by atoms with van der Waals surface area (Å²) in [5.74, 6) is 0. The van der Waals surface area contributed by atoms with Crippen molar-refractivity contribution in [3.05, 3.63) is 24.0 Å². The Bertz CT molecular complexity index is 263. The molecule has 1 atom stereocenters. The topological polar surface area (TPSA) is 27.6 Å². The van der Waals surface area contributed by atoms with Crippen molar-refractivity contribution in [2.45, 2.75) is 13.0 Å². The molecule has 3 heteroatoms. The number of rotatable bonds is 0. The molecule has 0 aromatic carbocycles. The Hall–Kier alpha value is -1.25. The van der Waals surface area contributed by atoms with Gasteiger partial charge in [-0.05, 0) is 13.0 Å². The fraction of sp³-hybridized carbons (Fsp3) is 0.375. The minimum Gasteiger partial charge on any atom is -0.357 e. The Morgan fingerprint density at radius 1 is 1.64 bits per heavy atom. The maximum atomic E-state index is 4.16. The number of fused-ring (bicyclic) bond motifs is 1. The van der Waals surface area contributed by atoms with Crippen molar-refractivity contribution in [2.24, 2.45) is 5.10 Å². The van der Waals surface area contributed by atoms with E-state index in [1.807, 2.05) is 24.2 Å². The minimum atomic E-state index is 0.359. The number of hydrogen-bond acceptors (Lipinski definition) is 3. The van der Waals surface area contributed by atoms with Gasteiger partial charge in [0.2, 0.25) is 0 Å². The summed E-state index contributed by atoms with van der Waals surface area (Å²) in [4.78, 5) is 2.04. The van der Waals surface area contributed by atoms with E-state index in [1.165, 1.54) is 5.57 Å². The second-order valence-corrected chi connectivity index (χ2v) is 2.91. The summed E-state index contributed by atoms with van der Waals surface area (Å²) in [6, 6.07) is 0.359. The Morgan fingerprint density at radius 3 is 3.27 bits per heavy atom. The molecule has 0 saturated heterocycles. The highest BCUT2D eigenvalue weighted by atomic mass is 15.3. The summed E-state index contributed by atoms with van der Waals surface area (Å²) >= 11 is 0. The molecule has 0 amide bonds. The molecule has 2 heterocycles. The highest BCUT2D eigenvalue weighted by Crippen LogP contribution is 2.16. The molecule has 2 aliphatic heterocycles. The Morgan fingerprint density at radius 2 is 2.45 bits per heavy atom. The third-order valence-electron chi connectivity index (χ3n) is 1.95. The van der Waals surface area contributed by atoms with E-state index in [9.17, 15) is 0 Å².